The number of carbonyl (C=O) groups is 4. The van der Waals surface area contributed by atoms with E-state index >= 15 is 0 Å². The lowest BCUT2D eigenvalue weighted by Crippen LogP contribution is -2.67. The molecule has 0 aromatic carbocycles. The molecule has 4 aliphatic rings. The van der Waals surface area contributed by atoms with Crippen molar-refractivity contribution in [2.45, 2.75) is 128 Å². The Kier molecular flexibility index (Phi) is 9.28. The summed E-state index contributed by atoms with van der Waals surface area (Å²) in [6.07, 6.45) is -8.03. The fourth-order valence-corrected chi connectivity index (χ4v) is 5.45. The van der Waals surface area contributed by atoms with Gasteiger partial charge >= 0.3 is 17.9 Å². The van der Waals surface area contributed by atoms with E-state index in [2.05, 4.69) is 5.32 Å². The van der Waals surface area contributed by atoms with Gasteiger partial charge in [0.05, 0.1) is 6.61 Å². The number of carbonyl (C=O) groups excluding carboxylic acids is 4. The normalized spacial score (nSPS) is 38.7. The van der Waals surface area contributed by atoms with Gasteiger partial charge in [0, 0.05) is 27.7 Å². The summed E-state index contributed by atoms with van der Waals surface area (Å²) in [6, 6.07) is -1.12. The average molecular weight is 590 g/mol. The Bertz CT molecular complexity index is 1020. The van der Waals surface area contributed by atoms with Gasteiger partial charge in [0.25, 0.3) is 0 Å². The summed E-state index contributed by atoms with van der Waals surface area (Å²) in [5.74, 6) is -4.37. The van der Waals surface area contributed by atoms with Gasteiger partial charge in [0.15, 0.2) is 36.4 Å². The van der Waals surface area contributed by atoms with Crippen LogP contribution in [0.1, 0.15) is 55.4 Å². The molecule has 0 aromatic rings. The summed E-state index contributed by atoms with van der Waals surface area (Å²) in [4.78, 5) is 47.8. The van der Waals surface area contributed by atoms with Crippen LogP contribution in [0.3, 0.4) is 0 Å². The lowest BCUT2D eigenvalue weighted by Gasteiger charge is -2.45. The Morgan fingerprint density at radius 1 is 0.683 bits per heavy atom. The van der Waals surface area contributed by atoms with Crippen molar-refractivity contribution >= 4 is 23.8 Å². The van der Waals surface area contributed by atoms with Gasteiger partial charge in [-0.1, -0.05) is 0 Å². The summed E-state index contributed by atoms with van der Waals surface area (Å²) >= 11 is 0. The van der Waals surface area contributed by atoms with Gasteiger partial charge in [-0.3, -0.25) is 19.2 Å². The monoisotopic (exact) mass is 589 g/mol. The molecule has 4 saturated heterocycles. The van der Waals surface area contributed by atoms with Crippen molar-refractivity contribution in [1.29, 1.82) is 0 Å². The van der Waals surface area contributed by atoms with E-state index in [4.69, 9.17) is 47.4 Å². The molecule has 0 saturated carbocycles. The summed E-state index contributed by atoms with van der Waals surface area (Å²) in [7, 11) is 0. The molecule has 15 heteroatoms. The van der Waals surface area contributed by atoms with Crippen LogP contribution in [0, 0.1) is 0 Å². The molecule has 0 aliphatic carbocycles. The zero-order valence-electron chi connectivity index (χ0n) is 24.4. The maximum absolute atomic E-state index is 12.2. The molecular formula is C26H39NO14. The number of fused-ring (bicyclic) bond motifs is 3. The first-order valence-electron chi connectivity index (χ1n) is 13.4. The van der Waals surface area contributed by atoms with E-state index in [0.717, 1.165) is 6.92 Å². The van der Waals surface area contributed by atoms with Gasteiger partial charge in [0.1, 0.15) is 43.2 Å². The predicted molar refractivity (Wildman–Crippen MR) is 132 cm³/mol. The van der Waals surface area contributed by atoms with Crippen molar-refractivity contribution < 1.29 is 66.5 Å². The molecule has 41 heavy (non-hydrogen) atoms. The van der Waals surface area contributed by atoms with Crippen molar-refractivity contribution in [1.82, 2.24) is 5.32 Å². The summed E-state index contributed by atoms with van der Waals surface area (Å²) in [6.45, 7) is 11.4. The van der Waals surface area contributed by atoms with Crippen LogP contribution in [0.5, 0.6) is 0 Å². The minimum atomic E-state index is -1.26. The first-order valence-corrected chi connectivity index (χ1v) is 13.4. The number of esters is 3. The van der Waals surface area contributed by atoms with Crippen LogP contribution < -0.4 is 5.32 Å². The van der Waals surface area contributed by atoms with E-state index in [1.807, 2.05) is 0 Å². The minimum absolute atomic E-state index is 0.139. The highest BCUT2D eigenvalue weighted by Gasteiger charge is 2.61. The van der Waals surface area contributed by atoms with E-state index < -0.39 is 96.7 Å². The molecule has 1 N–H and O–H groups in total. The zero-order chi connectivity index (χ0) is 30.3. The Morgan fingerprint density at radius 2 is 1.27 bits per heavy atom. The molecule has 10 atom stereocenters. The standard InChI is InChI=1S/C26H39NO14/c1-11(28)27-17-20(35-14(4)31)18(34-13(3)30)15(9-32-12(2)29)36-23(17)33-10-16-19-21(39-25(5,6)38-19)22-24(37-16)41-26(7,8)40-22/h15-24H,9-10H2,1-8H3,(H,27,28)/t15-,16-,17-,18-,19+,20-,21+,22-,23-,24-/m1/s1. The molecule has 0 spiro atoms. The highest BCUT2D eigenvalue weighted by molar-refractivity contribution is 5.73. The van der Waals surface area contributed by atoms with Crippen LogP contribution in [-0.4, -0.2) is 110 Å². The maximum atomic E-state index is 12.2. The lowest BCUT2D eigenvalue weighted by molar-refractivity contribution is -0.296. The van der Waals surface area contributed by atoms with Gasteiger partial charge < -0.3 is 52.7 Å². The summed E-state index contributed by atoms with van der Waals surface area (Å²) in [5.41, 5.74) is 0. The first-order chi connectivity index (χ1) is 19.0. The number of ether oxygens (including phenoxy) is 10. The van der Waals surface area contributed by atoms with E-state index in [9.17, 15) is 19.2 Å². The number of amides is 1. The van der Waals surface area contributed by atoms with Crippen molar-refractivity contribution in [2.24, 2.45) is 0 Å². The third kappa shape index (κ3) is 7.52. The SMILES string of the molecule is CC(=O)N[C@H]1[C@H](OC[C@H]2O[C@@H]3OC(C)(C)O[C@@H]3[C@H]3OC(C)(C)O[C@H]32)O[C@H](COC(C)=O)[C@@H](OC(C)=O)[C@@H]1OC(C)=O. The average Bonchev–Trinajstić information content (AvgIpc) is 3.32. The molecule has 0 aromatic heterocycles. The van der Waals surface area contributed by atoms with Crippen molar-refractivity contribution in [3.63, 3.8) is 0 Å². The molecule has 4 aliphatic heterocycles. The second-order valence-electron chi connectivity index (χ2n) is 11.3. The van der Waals surface area contributed by atoms with Gasteiger partial charge in [-0.2, -0.15) is 0 Å². The molecule has 0 radical (unpaired) electrons. The highest BCUT2D eigenvalue weighted by Crippen LogP contribution is 2.44. The Morgan fingerprint density at radius 3 is 1.88 bits per heavy atom. The van der Waals surface area contributed by atoms with Crippen LogP contribution >= 0.6 is 0 Å². The second-order valence-corrected chi connectivity index (χ2v) is 11.3. The number of hydrogen-bond acceptors (Lipinski definition) is 14. The topological polar surface area (TPSA) is 173 Å². The number of rotatable bonds is 8. The molecule has 4 rings (SSSR count). The second kappa shape index (κ2) is 12.1. The minimum Gasteiger partial charge on any atom is -0.463 e. The zero-order valence-corrected chi connectivity index (χ0v) is 24.4. The number of nitrogens with one attached hydrogen (secondary N) is 1. The largest absolute Gasteiger partial charge is 0.463 e. The van der Waals surface area contributed by atoms with Crippen LogP contribution in [0.25, 0.3) is 0 Å². The predicted octanol–water partition coefficient (Wildman–Crippen LogP) is 0.0556. The van der Waals surface area contributed by atoms with Gasteiger partial charge in [-0.15, -0.1) is 0 Å². The fraction of sp³-hybridized carbons (Fsp3) is 0.846. The van der Waals surface area contributed by atoms with Crippen molar-refractivity contribution in [3.8, 4) is 0 Å². The van der Waals surface area contributed by atoms with E-state index in [0.29, 0.717) is 0 Å². The van der Waals surface area contributed by atoms with E-state index in [1.165, 1.54) is 20.8 Å². The maximum Gasteiger partial charge on any atom is 0.303 e. The Labute approximate surface area is 237 Å². The van der Waals surface area contributed by atoms with E-state index in [-0.39, 0.29) is 13.2 Å². The third-order valence-electron chi connectivity index (χ3n) is 6.75. The molecule has 1 amide bonds. The smallest absolute Gasteiger partial charge is 0.303 e. The molecule has 0 bridgehead atoms. The van der Waals surface area contributed by atoms with Gasteiger partial charge in [-0.05, 0) is 27.7 Å². The number of hydrogen-bond donors (Lipinski definition) is 1. The summed E-state index contributed by atoms with van der Waals surface area (Å²) < 4.78 is 58.7. The van der Waals surface area contributed by atoms with Crippen molar-refractivity contribution in [3.05, 3.63) is 0 Å². The van der Waals surface area contributed by atoms with Crippen LogP contribution in [-0.2, 0) is 66.5 Å². The van der Waals surface area contributed by atoms with Gasteiger partial charge in [-0.25, -0.2) is 0 Å². The molecule has 0 unspecified atom stereocenters. The Balaban J connectivity index is 1.59. The van der Waals surface area contributed by atoms with Crippen LogP contribution in [0.4, 0.5) is 0 Å². The molecule has 4 heterocycles. The fourth-order valence-electron chi connectivity index (χ4n) is 5.45. The molecule has 4 fully saturated rings. The van der Waals surface area contributed by atoms with Crippen LogP contribution in [0.15, 0.2) is 0 Å². The third-order valence-corrected chi connectivity index (χ3v) is 6.75. The Hall–Kier alpha value is -2.40. The summed E-state index contributed by atoms with van der Waals surface area (Å²) in [5, 5.41) is 2.66. The highest BCUT2D eigenvalue weighted by atomic mass is 16.9. The van der Waals surface area contributed by atoms with Crippen LogP contribution in [0.2, 0.25) is 0 Å². The van der Waals surface area contributed by atoms with E-state index in [1.54, 1.807) is 27.7 Å². The lowest BCUT2D eigenvalue weighted by atomic mass is 9.95. The first kappa shape index (κ1) is 31.5. The van der Waals surface area contributed by atoms with Gasteiger partial charge in [0.2, 0.25) is 5.91 Å². The molecular weight excluding hydrogens is 550 g/mol. The molecule has 15 nitrogen and oxygen atoms in total. The molecule has 232 valence electrons. The van der Waals surface area contributed by atoms with Crippen molar-refractivity contribution in [2.75, 3.05) is 13.2 Å². The quantitative estimate of drug-likeness (QED) is 0.297.